The van der Waals surface area contributed by atoms with Crippen LogP contribution in [0.1, 0.15) is 5.56 Å². The highest BCUT2D eigenvalue weighted by Crippen LogP contribution is 2.33. The van der Waals surface area contributed by atoms with Crippen LogP contribution in [-0.4, -0.2) is 48.2 Å². The molecule has 0 amide bonds. The number of sulfonamides is 1. The number of likely N-dealkylation sites (N-methyl/N-ethyl adjacent to an activating group) is 1. The Bertz CT molecular complexity index is 615. The second-order valence-electron chi connectivity index (χ2n) is 3.27. The molecule has 9 heteroatoms. The van der Waals surface area contributed by atoms with Crippen molar-refractivity contribution in [1.29, 1.82) is 0 Å². The Balaban J connectivity index is 2.77. The third-order valence-corrected chi connectivity index (χ3v) is 4.13. The Hall–Kier alpha value is -2.03. The molecule has 0 aromatic carbocycles. The molecular weight excluding hydrogens is 250 g/mol. The van der Waals surface area contributed by atoms with Gasteiger partial charge in [-0.25, -0.2) is 4.79 Å². The van der Waals surface area contributed by atoms with Crippen molar-refractivity contribution in [2.24, 2.45) is 0 Å². The molecule has 1 aliphatic heterocycles. The number of methoxy groups -OCH3 is 1. The number of aromatic nitrogens is 2. The summed E-state index contributed by atoms with van der Waals surface area (Å²) in [4.78, 5) is 11.4. The summed E-state index contributed by atoms with van der Waals surface area (Å²) < 4.78 is 29.0. The van der Waals surface area contributed by atoms with Crippen LogP contribution in [0.4, 0.5) is 0 Å². The smallest absolute Gasteiger partial charge is 0.359 e. The van der Waals surface area contributed by atoms with Gasteiger partial charge in [0.05, 0.1) is 18.9 Å². The monoisotopic (exact) mass is 259 g/mol. The van der Waals surface area contributed by atoms with Gasteiger partial charge in [-0.1, -0.05) is 0 Å². The topological polar surface area (TPSA) is 113 Å². The van der Waals surface area contributed by atoms with Crippen LogP contribution in [0.15, 0.2) is 16.9 Å². The van der Waals surface area contributed by atoms with Crippen LogP contribution in [0, 0.1) is 0 Å². The van der Waals surface area contributed by atoms with Gasteiger partial charge in [0.25, 0.3) is 10.0 Å². The highest BCUT2D eigenvalue weighted by Gasteiger charge is 2.39. The van der Waals surface area contributed by atoms with E-state index >= 15 is 0 Å². The zero-order valence-electron chi connectivity index (χ0n) is 8.96. The van der Waals surface area contributed by atoms with Crippen molar-refractivity contribution in [3.05, 3.63) is 17.5 Å². The van der Waals surface area contributed by atoms with Crippen LogP contribution < -0.4 is 0 Å². The first-order valence-electron chi connectivity index (χ1n) is 4.45. The van der Waals surface area contributed by atoms with Gasteiger partial charge in [-0.2, -0.15) is 13.5 Å². The van der Waals surface area contributed by atoms with Crippen LogP contribution >= 0.6 is 0 Å². The molecule has 0 unspecified atom stereocenters. The summed E-state index contributed by atoms with van der Waals surface area (Å²) in [5.74, 6) is -1.43. The number of nitrogens with one attached hydrogen (secondary N) is 1. The first kappa shape index (κ1) is 11.5. The van der Waals surface area contributed by atoms with Gasteiger partial charge in [0, 0.05) is 7.05 Å². The van der Waals surface area contributed by atoms with Crippen molar-refractivity contribution < 1.29 is 23.1 Å². The average Bonchev–Trinajstić information content (AvgIpc) is 2.76. The molecule has 0 bridgehead atoms. The van der Waals surface area contributed by atoms with Gasteiger partial charge < -0.3 is 9.84 Å². The molecule has 92 valence electrons. The summed E-state index contributed by atoms with van der Waals surface area (Å²) >= 11 is 0. The number of esters is 1. The van der Waals surface area contributed by atoms with E-state index in [0.717, 1.165) is 20.4 Å². The fourth-order valence-corrected chi connectivity index (χ4v) is 2.77. The van der Waals surface area contributed by atoms with Crippen molar-refractivity contribution in [1.82, 2.24) is 14.5 Å². The van der Waals surface area contributed by atoms with Gasteiger partial charge in [-0.3, -0.25) is 9.40 Å². The fraction of sp³-hybridized carbons (Fsp3) is 0.250. The Morgan fingerprint density at radius 1 is 1.59 bits per heavy atom. The average molecular weight is 259 g/mol. The molecule has 0 atom stereocenters. The second kappa shape index (κ2) is 3.48. The maximum absolute atomic E-state index is 11.9. The zero-order valence-corrected chi connectivity index (χ0v) is 9.78. The van der Waals surface area contributed by atoms with Crippen molar-refractivity contribution in [3.8, 4) is 0 Å². The lowest BCUT2D eigenvalue weighted by Gasteiger charge is -2.25. The first-order chi connectivity index (χ1) is 7.91. The number of rotatable bonds is 1. The zero-order chi connectivity index (χ0) is 12.8. The van der Waals surface area contributed by atoms with Gasteiger partial charge in [0.15, 0.2) is 16.5 Å². The van der Waals surface area contributed by atoms with Crippen LogP contribution in [0.25, 0.3) is 5.76 Å². The molecule has 0 aliphatic carbocycles. The summed E-state index contributed by atoms with van der Waals surface area (Å²) in [5.41, 5.74) is -0.495. The highest BCUT2D eigenvalue weighted by molar-refractivity contribution is 7.89. The number of carbonyl (C=O) groups excluding carboxylic acids is 1. The summed E-state index contributed by atoms with van der Waals surface area (Å²) in [7, 11) is -1.69. The van der Waals surface area contributed by atoms with Gasteiger partial charge in [0.2, 0.25) is 0 Å². The molecule has 0 spiro atoms. The molecule has 8 nitrogen and oxygen atoms in total. The number of H-pyrrole nitrogens is 1. The molecule has 0 saturated heterocycles. The number of aliphatic hydroxyl groups excluding tert-OH is 1. The SMILES string of the molecule is COC(=O)C1=C(O)c2cn[nH]c2S(=O)(=O)N1C. The maximum atomic E-state index is 11.9. The number of ether oxygens (including phenoxy) is 1. The fourth-order valence-electron chi connectivity index (χ4n) is 1.50. The largest absolute Gasteiger partial charge is 0.505 e. The van der Waals surface area contributed by atoms with Crippen LogP contribution in [0.3, 0.4) is 0 Å². The Kier molecular flexibility index (Phi) is 2.35. The van der Waals surface area contributed by atoms with E-state index in [-0.39, 0.29) is 10.6 Å². The van der Waals surface area contributed by atoms with Crippen molar-refractivity contribution >= 4 is 21.8 Å². The van der Waals surface area contributed by atoms with Gasteiger partial charge in [0.1, 0.15) is 0 Å². The van der Waals surface area contributed by atoms with E-state index in [4.69, 9.17) is 0 Å². The molecular formula is C8H9N3O5S. The van der Waals surface area contributed by atoms with E-state index in [2.05, 4.69) is 14.9 Å². The summed E-state index contributed by atoms with van der Waals surface area (Å²) in [6.45, 7) is 0. The van der Waals surface area contributed by atoms with E-state index in [9.17, 15) is 18.3 Å². The molecule has 0 fully saturated rings. The van der Waals surface area contributed by atoms with E-state index in [1.807, 2.05) is 0 Å². The number of hydrogen-bond acceptors (Lipinski definition) is 6. The highest BCUT2D eigenvalue weighted by atomic mass is 32.2. The van der Waals surface area contributed by atoms with Crippen molar-refractivity contribution in [2.75, 3.05) is 14.2 Å². The molecule has 1 aromatic rings. The minimum Gasteiger partial charge on any atom is -0.505 e. The van der Waals surface area contributed by atoms with Gasteiger partial charge in [-0.05, 0) is 0 Å². The number of aromatic amines is 1. The Morgan fingerprint density at radius 2 is 2.24 bits per heavy atom. The maximum Gasteiger partial charge on any atom is 0.359 e. The Labute approximate surface area is 96.5 Å². The predicted octanol–water partition coefficient (Wildman–Crippen LogP) is -0.557. The van der Waals surface area contributed by atoms with Crippen molar-refractivity contribution in [3.63, 3.8) is 0 Å². The van der Waals surface area contributed by atoms with Crippen LogP contribution in [-0.2, 0) is 19.6 Å². The molecule has 2 heterocycles. The number of fused-ring (bicyclic) bond motifs is 1. The molecule has 0 saturated carbocycles. The van der Waals surface area contributed by atoms with E-state index < -0.39 is 27.4 Å². The quantitative estimate of drug-likeness (QED) is 0.654. The summed E-state index contributed by atoms with van der Waals surface area (Å²) in [6, 6.07) is 0. The van der Waals surface area contributed by atoms with Crippen LogP contribution in [0.5, 0.6) is 0 Å². The molecule has 17 heavy (non-hydrogen) atoms. The second-order valence-corrected chi connectivity index (χ2v) is 5.18. The molecule has 1 aromatic heterocycles. The number of hydrogen-bond donors (Lipinski definition) is 2. The van der Waals surface area contributed by atoms with E-state index in [1.54, 1.807) is 0 Å². The number of nitrogens with zero attached hydrogens (tertiary/aromatic N) is 2. The van der Waals surface area contributed by atoms with Crippen molar-refractivity contribution in [2.45, 2.75) is 5.03 Å². The Morgan fingerprint density at radius 3 is 2.82 bits per heavy atom. The third-order valence-electron chi connectivity index (χ3n) is 2.40. The molecule has 2 rings (SSSR count). The summed E-state index contributed by atoms with van der Waals surface area (Å²) in [5, 5.41) is 15.4. The summed E-state index contributed by atoms with van der Waals surface area (Å²) in [6.07, 6.45) is 1.12. The standard InChI is InChI=1S/C8H9N3O5S/c1-11-5(8(13)16-2)6(12)4-3-9-10-7(4)17(11,14)15/h3,12H,1-2H3,(H,9,10). The minimum atomic E-state index is -3.92. The minimum absolute atomic E-state index is 0.0523. The molecule has 1 aliphatic rings. The lowest BCUT2D eigenvalue weighted by Crippen LogP contribution is -2.35. The van der Waals surface area contributed by atoms with E-state index in [0.29, 0.717) is 4.31 Å². The van der Waals surface area contributed by atoms with E-state index in [1.165, 1.54) is 0 Å². The normalized spacial score (nSPS) is 17.9. The number of carbonyl (C=O) groups is 1. The van der Waals surface area contributed by atoms with Gasteiger partial charge in [-0.15, -0.1) is 0 Å². The predicted molar refractivity (Wildman–Crippen MR) is 55.1 cm³/mol. The lowest BCUT2D eigenvalue weighted by molar-refractivity contribution is -0.137. The number of aliphatic hydroxyl groups is 1. The molecule has 0 radical (unpaired) electrons. The molecule has 2 N–H and O–H groups in total. The van der Waals surface area contributed by atoms with Crippen LogP contribution in [0.2, 0.25) is 0 Å². The van der Waals surface area contributed by atoms with Gasteiger partial charge >= 0.3 is 5.97 Å². The lowest BCUT2D eigenvalue weighted by atomic mass is 10.2. The first-order valence-corrected chi connectivity index (χ1v) is 5.89. The third kappa shape index (κ3) is 1.39.